The Morgan fingerprint density at radius 2 is 1.78 bits per heavy atom. The molecule has 166 valence electrons. The van der Waals surface area contributed by atoms with Crippen molar-refractivity contribution in [3.05, 3.63) is 78.3 Å². The Hall–Kier alpha value is -3.52. The lowest BCUT2D eigenvalue weighted by Gasteiger charge is -2.20. The highest BCUT2D eigenvalue weighted by molar-refractivity contribution is 5.85. The molecule has 32 heavy (non-hydrogen) atoms. The molecule has 9 heteroatoms. The molecule has 0 aliphatic rings. The van der Waals surface area contributed by atoms with Gasteiger partial charge in [0.2, 0.25) is 0 Å². The molecular formula is C23H25ClFN7. The van der Waals surface area contributed by atoms with Gasteiger partial charge in [-0.2, -0.15) is 5.10 Å². The van der Waals surface area contributed by atoms with Crippen molar-refractivity contribution in [1.82, 2.24) is 24.7 Å². The Morgan fingerprint density at radius 1 is 1.03 bits per heavy atom. The van der Waals surface area contributed by atoms with E-state index in [9.17, 15) is 4.39 Å². The number of nitrogen functional groups attached to an aromatic ring is 1. The number of aromatic nitrogens is 5. The number of pyridine rings is 1. The molecule has 0 bridgehead atoms. The summed E-state index contributed by atoms with van der Waals surface area (Å²) < 4.78 is 15.3. The Labute approximate surface area is 192 Å². The molecule has 0 amide bonds. The molecule has 4 aromatic rings. The Balaban J connectivity index is 0.00000289. The average molecular weight is 454 g/mol. The van der Waals surface area contributed by atoms with Crippen molar-refractivity contribution in [2.75, 3.05) is 11.1 Å². The summed E-state index contributed by atoms with van der Waals surface area (Å²) in [7, 11) is 0. The standard InChI is InChI=1S/C23H24FN7.ClH/c1-14(2)31-13-17(11-28-31)19-10-20(29-21-12-26-8-9-27-21)30-23(25)22(19)15(3)16-4-6-18(24)7-5-16;/h4-15H,1-3H3,(H3,25,27,29,30);1H. The van der Waals surface area contributed by atoms with E-state index < -0.39 is 0 Å². The summed E-state index contributed by atoms with van der Waals surface area (Å²) in [6, 6.07) is 8.61. The van der Waals surface area contributed by atoms with Gasteiger partial charge >= 0.3 is 0 Å². The lowest BCUT2D eigenvalue weighted by atomic mass is 9.88. The second-order valence-corrected chi connectivity index (χ2v) is 7.65. The number of halogens is 2. The van der Waals surface area contributed by atoms with Crippen LogP contribution in [0.3, 0.4) is 0 Å². The van der Waals surface area contributed by atoms with Crippen LogP contribution in [0.2, 0.25) is 0 Å². The minimum atomic E-state index is -0.274. The van der Waals surface area contributed by atoms with Crippen LogP contribution in [0.5, 0.6) is 0 Å². The minimum absolute atomic E-state index is 0. The fourth-order valence-corrected chi connectivity index (χ4v) is 3.51. The summed E-state index contributed by atoms with van der Waals surface area (Å²) in [5.41, 5.74) is 10.1. The van der Waals surface area contributed by atoms with E-state index in [1.54, 1.807) is 30.7 Å². The molecule has 3 heterocycles. The zero-order chi connectivity index (χ0) is 22.0. The molecule has 0 saturated heterocycles. The normalized spacial score (nSPS) is 11.8. The predicted octanol–water partition coefficient (Wildman–Crippen LogP) is 5.35. The first-order valence-corrected chi connectivity index (χ1v) is 10.1. The highest BCUT2D eigenvalue weighted by atomic mass is 35.5. The van der Waals surface area contributed by atoms with Gasteiger partial charge in [0.05, 0.1) is 12.4 Å². The predicted molar refractivity (Wildman–Crippen MR) is 127 cm³/mol. The second kappa shape index (κ2) is 9.74. The molecule has 0 spiro atoms. The van der Waals surface area contributed by atoms with Gasteiger partial charge in [0.25, 0.3) is 0 Å². The van der Waals surface area contributed by atoms with Crippen LogP contribution in [0.15, 0.2) is 61.3 Å². The summed E-state index contributed by atoms with van der Waals surface area (Å²) in [6.45, 7) is 6.17. The van der Waals surface area contributed by atoms with Crippen molar-refractivity contribution in [2.24, 2.45) is 0 Å². The molecule has 0 fully saturated rings. The van der Waals surface area contributed by atoms with E-state index in [2.05, 4.69) is 39.2 Å². The molecule has 4 rings (SSSR count). The Bertz CT molecular complexity index is 1180. The smallest absolute Gasteiger partial charge is 0.150 e. The summed E-state index contributed by atoms with van der Waals surface area (Å²) in [5.74, 6) is 1.14. The van der Waals surface area contributed by atoms with Gasteiger partial charge in [-0.25, -0.2) is 14.4 Å². The molecule has 1 atom stereocenters. The van der Waals surface area contributed by atoms with Crippen LogP contribution in [0, 0.1) is 5.82 Å². The van der Waals surface area contributed by atoms with Gasteiger partial charge < -0.3 is 11.1 Å². The van der Waals surface area contributed by atoms with Crippen molar-refractivity contribution in [3.63, 3.8) is 0 Å². The topological polar surface area (TPSA) is 94.5 Å². The largest absolute Gasteiger partial charge is 0.383 e. The maximum Gasteiger partial charge on any atom is 0.150 e. The fraction of sp³-hybridized carbons (Fsp3) is 0.217. The van der Waals surface area contributed by atoms with Crippen molar-refractivity contribution < 1.29 is 4.39 Å². The highest BCUT2D eigenvalue weighted by Gasteiger charge is 2.21. The number of nitrogens with zero attached hydrogens (tertiary/aromatic N) is 5. The van der Waals surface area contributed by atoms with E-state index in [1.165, 1.54) is 12.1 Å². The Morgan fingerprint density at radius 3 is 2.41 bits per heavy atom. The number of nitrogens with one attached hydrogen (secondary N) is 1. The van der Waals surface area contributed by atoms with Crippen molar-refractivity contribution in [2.45, 2.75) is 32.7 Å². The van der Waals surface area contributed by atoms with Crippen LogP contribution in [0.1, 0.15) is 43.9 Å². The van der Waals surface area contributed by atoms with E-state index in [0.717, 1.165) is 22.3 Å². The first-order chi connectivity index (χ1) is 14.9. The first kappa shape index (κ1) is 23.1. The van der Waals surface area contributed by atoms with Gasteiger partial charge in [-0.15, -0.1) is 12.4 Å². The summed E-state index contributed by atoms with van der Waals surface area (Å²) in [5, 5.41) is 7.64. The number of anilines is 3. The average Bonchev–Trinajstić information content (AvgIpc) is 3.25. The van der Waals surface area contributed by atoms with Gasteiger partial charge in [0.1, 0.15) is 23.3 Å². The van der Waals surface area contributed by atoms with Gasteiger partial charge in [-0.1, -0.05) is 19.1 Å². The van der Waals surface area contributed by atoms with Crippen LogP contribution < -0.4 is 11.1 Å². The second-order valence-electron chi connectivity index (χ2n) is 7.65. The molecule has 0 aliphatic carbocycles. The number of hydrogen-bond donors (Lipinski definition) is 2. The van der Waals surface area contributed by atoms with E-state index in [-0.39, 0.29) is 30.2 Å². The number of benzene rings is 1. The number of hydrogen-bond acceptors (Lipinski definition) is 6. The third-order valence-corrected chi connectivity index (χ3v) is 5.15. The first-order valence-electron chi connectivity index (χ1n) is 10.1. The van der Waals surface area contributed by atoms with Gasteiger partial charge in [-0.3, -0.25) is 9.67 Å². The molecule has 3 N–H and O–H groups in total. The molecule has 7 nitrogen and oxygen atoms in total. The SMILES string of the molecule is CC(c1ccc(F)cc1)c1c(-c2cnn(C(C)C)c2)cc(Nc2cnccn2)nc1N.Cl. The van der Waals surface area contributed by atoms with E-state index in [0.29, 0.717) is 17.5 Å². The summed E-state index contributed by atoms with van der Waals surface area (Å²) in [6.07, 6.45) is 8.63. The zero-order valence-corrected chi connectivity index (χ0v) is 18.8. The van der Waals surface area contributed by atoms with Crippen LogP contribution in [0.4, 0.5) is 21.8 Å². The fourth-order valence-electron chi connectivity index (χ4n) is 3.51. The van der Waals surface area contributed by atoms with Crippen LogP contribution in [0.25, 0.3) is 11.1 Å². The van der Waals surface area contributed by atoms with Crippen LogP contribution >= 0.6 is 12.4 Å². The van der Waals surface area contributed by atoms with Crippen molar-refractivity contribution in [3.8, 4) is 11.1 Å². The molecule has 0 radical (unpaired) electrons. The highest BCUT2D eigenvalue weighted by Crippen LogP contribution is 2.38. The van der Waals surface area contributed by atoms with Gasteiger partial charge in [0.15, 0.2) is 0 Å². The Kier molecular flexibility index (Phi) is 7.05. The van der Waals surface area contributed by atoms with Crippen molar-refractivity contribution >= 4 is 29.9 Å². The molecule has 1 unspecified atom stereocenters. The van der Waals surface area contributed by atoms with Gasteiger partial charge in [-0.05, 0) is 43.2 Å². The lowest BCUT2D eigenvalue weighted by molar-refractivity contribution is 0.532. The quantitative estimate of drug-likeness (QED) is 0.408. The minimum Gasteiger partial charge on any atom is -0.383 e. The monoisotopic (exact) mass is 453 g/mol. The molecule has 0 aliphatic heterocycles. The summed E-state index contributed by atoms with van der Waals surface area (Å²) >= 11 is 0. The van der Waals surface area contributed by atoms with Gasteiger partial charge in [0, 0.05) is 41.7 Å². The summed E-state index contributed by atoms with van der Waals surface area (Å²) in [4.78, 5) is 12.9. The van der Waals surface area contributed by atoms with E-state index in [4.69, 9.17) is 5.73 Å². The third kappa shape index (κ3) is 4.86. The van der Waals surface area contributed by atoms with Crippen LogP contribution in [-0.2, 0) is 0 Å². The van der Waals surface area contributed by atoms with E-state index >= 15 is 0 Å². The molecular weight excluding hydrogens is 429 g/mol. The lowest BCUT2D eigenvalue weighted by Crippen LogP contribution is -2.08. The molecule has 0 saturated carbocycles. The molecule has 1 aromatic carbocycles. The van der Waals surface area contributed by atoms with E-state index in [1.807, 2.05) is 30.1 Å². The maximum absolute atomic E-state index is 13.4. The third-order valence-electron chi connectivity index (χ3n) is 5.15. The molecule has 3 aromatic heterocycles. The maximum atomic E-state index is 13.4. The zero-order valence-electron chi connectivity index (χ0n) is 18.0. The number of nitrogens with two attached hydrogens (primary N) is 1. The van der Waals surface area contributed by atoms with Crippen molar-refractivity contribution in [1.29, 1.82) is 0 Å². The number of rotatable bonds is 6. The van der Waals surface area contributed by atoms with Crippen LogP contribution in [-0.4, -0.2) is 24.7 Å².